The molecule has 0 aliphatic carbocycles. The van der Waals surface area contributed by atoms with E-state index in [0.717, 1.165) is 11.6 Å². The maximum atomic E-state index is 13.0. The Morgan fingerprint density at radius 3 is 2.43 bits per heavy atom. The van der Waals surface area contributed by atoms with Crippen LogP contribution in [0.15, 0.2) is 48.5 Å². The lowest BCUT2D eigenvalue weighted by Crippen LogP contribution is -2.15. The summed E-state index contributed by atoms with van der Waals surface area (Å²) in [4.78, 5) is 11.7. The Balaban J connectivity index is 2.03. The molecule has 2 aromatic carbocycles. The van der Waals surface area contributed by atoms with Crippen molar-refractivity contribution < 1.29 is 22.7 Å². The first kappa shape index (κ1) is 17.3. The third kappa shape index (κ3) is 4.99. The van der Waals surface area contributed by atoms with Gasteiger partial charge in [-0.1, -0.05) is 52.3 Å². The second-order valence-electron chi connectivity index (χ2n) is 4.69. The minimum Gasteiger partial charge on any atom is -0.444 e. The molecule has 0 radical (unpaired) electrons. The third-order valence-corrected chi connectivity index (χ3v) is 3.62. The Labute approximate surface area is 139 Å². The van der Waals surface area contributed by atoms with Crippen molar-refractivity contribution in [3.8, 4) is 0 Å². The van der Waals surface area contributed by atoms with Gasteiger partial charge < -0.3 is 4.74 Å². The van der Waals surface area contributed by atoms with E-state index in [4.69, 9.17) is 4.74 Å². The van der Waals surface area contributed by atoms with Gasteiger partial charge in [0, 0.05) is 11.0 Å². The molecule has 0 heterocycles. The highest BCUT2D eigenvalue weighted by Crippen LogP contribution is 2.34. The summed E-state index contributed by atoms with van der Waals surface area (Å²) < 4.78 is 43.8. The minimum absolute atomic E-state index is 0.0279. The lowest BCUT2D eigenvalue weighted by Gasteiger charge is -2.14. The number of halogens is 4. The fraction of sp³-hybridized carbons (Fsp3) is 0.188. The van der Waals surface area contributed by atoms with Crippen LogP contribution in [-0.2, 0) is 22.9 Å². The quantitative estimate of drug-likeness (QED) is 0.718. The molecule has 0 spiro atoms. The standard InChI is InChI=1S/C16H13BrF3NO2/c17-9-12-6-7-13(8-14(12)16(18,19)20)21-15(22)23-10-11-4-2-1-3-5-11/h1-8H,9-10H2,(H,21,22). The highest BCUT2D eigenvalue weighted by molar-refractivity contribution is 9.08. The highest BCUT2D eigenvalue weighted by Gasteiger charge is 2.33. The zero-order valence-corrected chi connectivity index (χ0v) is 13.4. The van der Waals surface area contributed by atoms with Crippen molar-refractivity contribution in [2.75, 3.05) is 5.32 Å². The molecule has 0 bridgehead atoms. The molecule has 122 valence electrons. The third-order valence-electron chi connectivity index (χ3n) is 3.02. The fourth-order valence-corrected chi connectivity index (χ4v) is 2.40. The molecule has 2 aromatic rings. The van der Waals surface area contributed by atoms with E-state index in [1.54, 1.807) is 24.3 Å². The summed E-state index contributed by atoms with van der Waals surface area (Å²) >= 11 is 3.01. The highest BCUT2D eigenvalue weighted by atomic mass is 79.9. The van der Waals surface area contributed by atoms with Gasteiger partial charge in [0.25, 0.3) is 0 Å². The second kappa shape index (κ2) is 7.50. The van der Waals surface area contributed by atoms with Crippen molar-refractivity contribution >= 4 is 27.7 Å². The van der Waals surface area contributed by atoms with Crippen molar-refractivity contribution in [3.63, 3.8) is 0 Å². The predicted octanol–water partition coefficient (Wildman–Crippen LogP) is 5.35. The molecule has 23 heavy (non-hydrogen) atoms. The van der Waals surface area contributed by atoms with E-state index in [1.165, 1.54) is 12.1 Å². The molecule has 0 unspecified atom stereocenters. The van der Waals surface area contributed by atoms with E-state index in [2.05, 4.69) is 21.2 Å². The van der Waals surface area contributed by atoms with Gasteiger partial charge in [0.05, 0.1) is 5.56 Å². The summed E-state index contributed by atoms with van der Waals surface area (Å²) in [7, 11) is 0. The summed E-state index contributed by atoms with van der Waals surface area (Å²) in [6.45, 7) is 0.0400. The SMILES string of the molecule is O=C(Nc1ccc(CBr)c(C(F)(F)F)c1)OCc1ccccc1. The molecule has 0 aromatic heterocycles. The number of alkyl halides is 4. The van der Waals surface area contributed by atoms with Crippen molar-refractivity contribution in [2.45, 2.75) is 18.1 Å². The summed E-state index contributed by atoms with van der Waals surface area (Å²) in [6.07, 6.45) is -5.30. The first-order chi connectivity index (χ1) is 10.9. The zero-order chi connectivity index (χ0) is 16.9. The Kier molecular flexibility index (Phi) is 5.65. The van der Waals surface area contributed by atoms with Gasteiger partial charge in [0.15, 0.2) is 0 Å². The number of amides is 1. The van der Waals surface area contributed by atoms with E-state index >= 15 is 0 Å². The van der Waals surface area contributed by atoms with Gasteiger partial charge in [0.1, 0.15) is 6.61 Å². The molecule has 0 atom stereocenters. The number of rotatable bonds is 4. The van der Waals surface area contributed by atoms with E-state index < -0.39 is 17.8 Å². The largest absolute Gasteiger partial charge is 0.444 e. The predicted molar refractivity (Wildman–Crippen MR) is 84.3 cm³/mol. The smallest absolute Gasteiger partial charge is 0.416 e. The van der Waals surface area contributed by atoms with Crippen LogP contribution >= 0.6 is 15.9 Å². The maximum Gasteiger partial charge on any atom is 0.416 e. The lowest BCUT2D eigenvalue weighted by molar-refractivity contribution is -0.138. The zero-order valence-electron chi connectivity index (χ0n) is 11.9. The maximum absolute atomic E-state index is 13.0. The molecule has 0 saturated heterocycles. The van der Waals surface area contributed by atoms with Gasteiger partial charge in [-0.15, -0.1) is 0 Å². The van der Waals surface area contributed by atoms with Crippen LogP contribution in [0.3, 0.4) is 0 Å². The number of ether oxygens (including phenoxy) is 1. The monoisotopic (exact) mass is 387 g/mol. The molecule has 2 rings (SSSR count). The summed E-state index contributed by atoms with van der Waals surface area (Å²) in [5.74, 6) is 0. The minimum atomic E-state index is -4.49. The number of hydrogen-bond acceptors (Lipinski definition) is 2. The van der Waals surface area contributed by atoms with Crippen molar-refractivity contribution in [1.82, 2.24) is 0 Å². The van der Waals surface area contributed by atoms with Gasteiger partial charge in [-0.2, -0.15) is 13.2 Å². The van der Waals surface area contributed by atoms with Crippen LogP contribution in [0.1, 0.15) is 16.7 Å². The molecular formula is C16H13BrF3NO2. The molecule has 1 amide bonds. The van der Waals surface area contributed by atoms with Gasteiger partial charge in [-0.3, -0.25) is 5.32 Å². The van der Waals surface area contributed by atoms with E-state index in [1.807, 2.05) is 6.07 Å². The van der Waals surface area contributed by atoms with Crippen molar-refractivity contribution in [3.05, 3.63) is 65.2 Å². The molecule has 0 fully saturated rings. The normalized spacial score (nSPS) is 11.1. The van der Waals surface area contributed by atoms with Gasteiger partial charge in [0.2, 0.25) is 0 Å². The van der Waals surface area contributed by atoms with Gasteiger partial charge >= 0.3 is 12.3 Å². The van der Waals surface area contributed by atoms with Crippen LogP contribution < -0.4 is 5.32 Å². The summed E-state index contributed by atoms with van der Waals surface area (Å²) in [5, 5.41) is 2.37. The van der Waals surface area contributed by atoms with Crippen molar-refractivity contribution in [1.29, 1.82) is 0 Å². The number of carbonyl (C=O) groups excluding carboxylic acids is 1. The molecule has 0 aliphatic heterocycles. The molecule has 3 nitrogen and oxygen atoms in total. The van der Waals surface area contributed by atoms with Crippen LogP contribution in [-0.4, -0.2) is 6.09 Å². The summed E-state index contributed by atoms with van der Waals surface area (Å²) in [6, 6.07) is 12.6. The van der Waals surface area contributed by atoms with E-state index in [-0.39, 0.29) is 23.2 Å². The number of nitrogens with one attached hydrogen (secondary N) is 1. The van der Waals surface area contributed by atoms with Crippen LogP contribution in [0.2, 0.25) is 0 Å². The average Bonchev–Trinajstić information content (AvgIpc) is 2.53. The average molecular weight is 388 g/mol. The van der Waals surface area contributed by atoms with Crippen LogP contribution in [0.4, 0.5) is 23.7 Å². The van der Waals surface area contributed by atoms with E-state index in [0.29, 0.717) is 0 Å². The number of anilines is 1. The molecule has 0 aliphatic rings. The van der Waals surface area contributed by atoms with Crippen LogP contribution in [0, 0.1) is 0 Å². The molecular weight excluding hydrogens is 375 g/mol. The topological polar surface area (TPSA) is 38.3 Å². The van der Waals surface area contributed by atoms with Crippen molar-refractivity contribution in [2.24, 2.45) is 0 Å². The first-order valence-corrected chi connectivity index (χ1v) is 7.76. The fourth-order valence-electron chi connectivity index (χ4n) is 1.91. The van der Waals surface area contributed by atoms with Crippen LogP contribution in [0.5, 0.6) is 0 Å². The Morgan fingerprint density at radius 2 is 1.83 bits per heavy atom. The first-order valence-electron chi connectivity index (χ1n) is 6.64. The number of benzene rings is 2. The Hall–Kier alpha value is -2.02. The van der Waals surface area contributed by atoms with Crippen LogP contribution in [0.25, 0.3) is 0 Å². The Morgan fingerprint density at radius 1 is 1.13 bits per heavy atom. The van der Waals surface area contributed by atoms with E-state index in [9.17, 15) is 18.0 Å². The second-order valence-corrected chi connectivity index (χ2v) is 5.25. The lowest BCUT2D eigenvalue weighted by atomic mass is 10.1. The molecule has 0 saturated carbocycles. The molecule has 1 N–H and O–H groups in total. The Bertz CT molecular complexity index is 675. The summed E-state index contributed by atoms with van der Waals surface area (Å²) in [5.41, 5.74) is 0.115. The number of carbonyl (C=O) groups is 1. The number of hydrogen-bond donors (Lipinski definition) is 1. The van der Waals surface area contributed by atoms with Gasteiger partial charge in [-0.25, -0.2) is 4.79 Å². The van der Waals surface area contributed by atoms with Gasteiger partial charge in [-0.05, 0) is 23.3 Å². The molecule has 7 heteroatoms.